The third kappa shape index (κ3) is 6.97. The lowest BCUT2D eigenvalue weighted by molar-refractivity contribution is 1.07. The number of hydrogen-bond donors (Lipinski definition) is 0. The van der Waals surface area contributed by atoms with E-state index < -0.39 is 0 Å². The fraction of sp³-hybridized carbons (Fsp3) is 0.0217. The Bertz CT molecular complexity index is 2270. The molecule has 0 spiro atoms. The molecule has 3 nitrogen and oxygen atoms in total. The van der Waals surface area contributed by atoms with Gasteiger partial charge in [0.1, 0.15) is 0 Å². The van der Waals surface area contributed by atoms with Gasteiger partial charge in [-0.05, 0) is 51.5 Å². The van der Waals surface area contributed by atoms with Gasteiger partial charge < -0.3 is 0 Å². The number of hydrogen-bond acceptors (Lipinski definition) is 3. The molecule has 7 aromatic rings. The monoisotopic (exact) mass is 629 g/mol. The first-order valence-corrected chi connectivity index (χ1v) is 16.4. The van der Waals surface area contributed by atoms with Crippen molar-refractivity contribution in [2.45, 2.75) is 6.92 Å². The molecule has 0 aliphatic heterocycles. The van der Waals surface area contributed by atoms with Crippen LogP contribution in [0.15, 0.2) is 189 Å². The molecule has 0 N–H and O–H groups in total. The third-order valence-corrected chi connectivity index (χ3v) is 8.53. The minimum Gasteiger partial charge on any atom is -0.208 e. The number of nitrogens with zero attached hydrogens (tertiary/aromatic N) is 3. The van der Waals surface area contributed by atoms with Gasteiger partial charge in [-0.15, -0.1) is 0 Å². The molecule has 0 aliphatic rings. The highest BCUT2D eigenvalue weighted by molar-refractivity contribution is 5.87. The first-order valence-electron chi connectivity index (χ1n) is 16.4. The van der Waals surface area contributed by atoms with Crippen molar-refractivity contribution >= 4 is 11.1 Å². The summed E-state index contributed by atoms with van der Waals surface area (Å²) in [6.45, 7) is 6.52. The van der Waals surface area contributed by atoms with Gasteiger partial charge in [0.25, 0.3) is 0 Å². The first kappa shape index (κ1) is 31.2. The standard InChI is InChI=1S/C46H35N3/c1-3-34(35-17-7-4-8-18-35)28-27-33(2)40-23-13-15-25-42(40)45-47-44(39-21-11-6-12-22-39)48-46(49-45)43-26-16-14-24-41(43)38-31-29-37(30-32-38)36-19-9-5-10-20-36/h3-32H,2H2,1H3/b28-27-,34-3+. The smallest absolute Gasteiger partial charge is 0.164 e. The molecule has 0 bridgehead atoms. The number of aromatic nitrogens is 3. The molecule has 234 valence electrons. The van der Waals surface area contributed by atoms with Crippen LogP contribution in [0.3, 0.4) is 0 Å². The molecular weight excluding hydrogens is 595 g/mol. The van der Waals surface area contributed by atoms with E-state index in [4.69, 9.17) is 15.0 Å². The van der Waals surface area contributed by atoms with Gasteiger partial charge >= 0.3 is 0 Å². The Morgan fingerprint density at radius 2 is 0.898 bits per heavy atom. The number of rotatable bonds is 9. The van der Waals surface area contributed by atoms with Gasteiger partial charge in [-0.2, -0.15) is 0 Å². The summed E-state index contributed by atoms with van der Waals surface area (Å²) in [5.74, 6) is 1.83. The molecule has 0 aliphatic carbocycles. The molecule has 0 saturated heterocycles. The second kappa shape index (κ2) is 14.5. The topological polar surface area (TPSA) is 38.7 Å². The van der Waals surface area contributed by atoms with E-state index in [0.717, 1.165) is 50.1 Å². The van der Waals surface area contributed by atoms with E-state index in [1.165, 1.54) is 11.1 Å². The molecule has 0 radical (unpaired) electrons. The van der Waals surface area contributed by atoms with Crippen molar-refractivity contribution in [1.82, 2.24) is 15.0 Å². The van der Waals surface area contributed by atoms with E-state index in [-0.39, 0.29) is 0 Å². The third-order valence-electron chi connectivity index (χ3n) is 8.53. The van der Waals surface area contributed by atoms with E-state index in [0.29, 0.717) is 17.5 Å². The van der Waals surface area contributed by atoms with Crippen molar-refractivity contribution < 1.29 is 0 Å². The first-order chi connectivity index (χ1) is 24.2. The summed E-state index contributed by atoms with van der Waals surface area (Å²) in [6, 6.07) is 56.0. The van der Waals surface area contributed by atoms with Crippen LogP contribution in [0.1, 0.15) is 18.1 Å². The molecule has 6 aromatic carbocycles. The Hall–Kier alpha value is -6.45. The van der Waals surface area contributed by atoms with Gasteiger partial charge in [0.2, 0.25) is 0 Å². The lowest BCUT2D eigenvalue weighted by Crippen LogP contribution is -2.02. The molecule has 0 atom stereocenters. The summed E-state index contributed by atoms with van der Waals surface area (Å²) < 4.78 is 0. The minimum atomic E-state index is 0.595. The summed E-state index contributed by atoms with van der Waals surface area (Å²) in [5.41, 5.74) is 11.4. The van der Waals surface area contributed by atoms with Crippen LogP contribution >= 0.6 is 0 Å². The highest BCUT2D eigenvalue weighted by Gasteiger charge is 2.17. The van der Waals surface area contributed by atoms with Crippen LogP contribution in [-0.4, -0.2) is 15.0 Å². The lowest BCUT2D eigenvalue weighted by atomic mass is 9.96. The summed E-state index contributed by atoms with van der Waals surface area (Å²) >= 11 is 0. The predicted molar refractivity (Wildman–Crippen MR) is 205 cm³/mol. The Morgan fingerprint density at radius 1 is 0.429 bits per heavy atom. The summed E-state index contributed by atoms with van der Waals surface area (Å²) in [4.78, 5) is 15.3. The maximum atomic E-state index is 5.15. The van der Waals surface area contributed by atoms with E-state index in [1.54, 1.807) is 0 Å². The van der Waals surface area contributed by atoms with E-state index >= 15 is 0 Å². The molecule has 3 heteroatoms. The van der Waals surface area contributed by atoms with Crippen molar-refractivity contribution in [3.63, 3.8) is 0 Å². The summed E-state index contributed by atoms with van der Waals surface area (Å²) in [5, 5.41) is 0. The molecule has 0 amide bonds. The summed E-state index contributed by atoms with van der Waals surface area (Å²) in [7, 11) is 0. The van der Waals surface area contributed by atoms with Crippen LogP contribution < -0.4 is 0 Å². The van der Waals surface area contributed by atoms with Crippen molar-refractivity contribution in [3.05, 3.63) is 200 Å². The fourth-order valence-corrected chi connectivity index (χ4v) is 5.96. The van der Waals surface area contributed by atoms with Gasteiger partial charge in [-0.25, -0.2) is 15.0 Å². The average molecular weight is 630 g/mol. The van der Waals surface area contributed by atoms with Gasteiger partial charge in [0.15, 0.2) is 17.5 Å². The maximum Gasteiger partial charge on any atom is 0.164 e. The van der Waals surface area contributed by atoms with Crippen LogP contribution in [0.4, 0.5) is 0 Å². The predicted octanol–water partition coefficient (Wildman–Crippen LogP) is 11.9. The molecule has 1 heterocycles. The molecule has 0 fully saturated rings. The number of benzene rings is 6. The average Bonchev–Trinajstić information content (AvgIpc) is 3.19. The second-order valence-corrected chi connectivity index (χ2v) is 11.7. The molecular formula is C46H35N3. The lowest BCUT2D eigenvalue weighted by Gasteiger charge is -2.14. The van der Waals surface area contributed by atoms with Gasteiger partial charge in [0.05, 0.1) is 0 Å². The highest BCUT2D eigenvalue weighted by Crippen LogP contribution is 2.35. The highest BCUT2D eigenvalue weighted by atomic mass is 15.0. The van der Waals surface area contributed by atoms with Gasteiger partial charge in [0, 0.05) is 16.7 Å². The zero-order valence-corrected chi connectivity index (χ0v) is 27.4. The zero-order chi connectivity index (χ0) is 33.4. The van der Waals surface area contributed by atoms with Crippen molar-refractivity contribution in [1.29, 1.82) is 0 Å². The Balaban J connectivity index is 1.31. The largest absolute Gasteiger partial charge is 0.208 e. The zero-order valence-electron chi connectivity index (χ0n) is 27.4. The molecule has 0 saturated carbocycles. The van der Waals surface area contributed by atoms with E-state index in [9.17, 15) is 0 Å². The molecule has 1 aromatic heterocycles. The maximum absolute atomic E-state index is 5.15. The summed E-state index contributed by atoms with van der Waals surface area (Å²) in [6.07, 6.45) is 6.29. The van der Waals surface area contributed by atoms with Crippen LogP contribution in [0.25, 0.3) is 67.6 Å². The number of allylic oxidation sites excluding steroid dienone is 5. The van der Waals surface area contributed by atoms with Crippen LogP contribution in [0.2, 0.25) is 0 Å². The van der Waals surface area contributed by atoms with Crippen molar-refractivity contribution in [3.8, 4) is 56.4 Å². The van der Waals surface area contributed by atoms with Crippen LogP contribution in [0, 0.1) is 0 Å². The van der Waals surface area contributed by atoms with Crippen LogP contribution in [-0.2, 0) is 0 Å². The molecule has 7 rings (SSSR count). The second-order valence-electron chi connectivity index (χ2n) is 11.7. The van der Waals surface area contributed by atoms with E-state index in [2.05, 4.69) is 135 Å². The molecule has 0 unspecified atom stereocenters. The quantitative estimate of drug-likeness (QED) is 0.149. The van der Waals surface area contributed by atoms with Gasteiger partial charge in [-0.1, -0.05) is 189 Å². The Labute approximate surface area is 288 Å². The SMILES string of the molecule is C=C(/C=C\C(=C/C)c1ccccc1)c1ccccc1-c1nc(-c2ccccc2)nc(-c2ccccc2-c2ccc(-c3ccccc3)cc2)n1. The Kier molecular flexibility index (Phi) is 9.25. The van der Waals surface area contributed by atoms with Crippen LogP contribution in [0.5, 0.6) is 0 Å². The van der Waals surface area contributed by atoms with Gasteiger partial charge in [-0.3, -0.25) is 0 Å². The Morgan fingerprint density at radius 3 is 1.55 bits per heavy atom. The normalized spacial score (nSPS) is 11.5. The van der Waals surface area contributed by atoms with Crippen molar-refractivity contribution in [2.24, 2.45) is 0 Å². The minimum absolute atomic E-state index is 0.595. The van der Waals surface area contributed by atoms with E-state index in [1.807, 2.05) is 60.7 Å². The fourth-order valence-electron chi connectivity index (χ4n) is 5.96. The van der Waals surface area contributed by atoms with Crippen molar-refractivity contribution in [2.75, 3.05) is 0 Å². The molecule has 49 heavy (non-hydrogen) atoms.